The van der Waals surface area contributed by atoms with Gasteiger partial charge < -0.3 is 0 Å². The molecule has 1 aromatic rings. The van der Waals surface area contributed by atoms with Crippen LogP contribution >= 0.6 is 15.9 Å². The molecule has 0 nitrogen and oxygen atoms in total. The molecule has 1 rings (SSSR count). The van der Waals surface area contributed by atoms with Crippen molar-refractivity contribution in [1.29, 1.82) is 0 Å². The summed E-state index contributed by atoms with van der Waals surface area (Å²) in [5.74, 6) is -0.184. The first-order valence-corrected chi connectivity index (χ1v) is 5.09. The number of hydrogen-bond acceptors (Lipinski definition) is 0. The monoisotopic (exact) mass is 242 g/mol. The van der Waals surface area contributed by atoms with Crippen LogP contribution in [0, 0.1) is 5.82 Å². The highest BCUT2D eigenvalue weighted by molar-refractivity contribution is 9.10. The quantitative estimate of drug-likeness (QED) is 0.551. The first-order valence-electron chi connectivity index (χ1n) is 4.29. The molecule has 0 amide bonds. The Morgan fingerprint density at radius 3 is 2.92 bits per heavy atom. The second-order valence-corrected chi connectivity index (χ2v) is 3.69. The molecule has 0 saturated carbocycles. The van der Waals surface area contributed by atoms with Crippen molar-refractivity contribution in [2.75, 3.05) is 0 Å². The number of halogens is 2. The minimum atomic E-state index is -0.184. The van der Waals surface area contributed by atoms with E-state index in [1.807, 2.05) is 12.1 Å². The van der Waals surface area contributed by atoms with Gasteiger partial charge >= 0.3 is 0 Å². The van der Waals surface area contributed by atoms with Crippen LogP contribution in [-0.4, -0.2) is 0 Å². The van der Waals surface area contributed by atoms with Gasteiger partial charge in [0, 0.05) is 0 Å². The summed E-state index contributed by atoms with van der Waals surface area (Å²) in [5.41, 5.74) is 1.03. The van der Waals surface area contributed by atoms with E-state index >= 15 is 0 Å². The highest BCUT2D eigenvalue weighted by atomic mass is 79.9. The third-order valence-electron chi connectivity index (χ3n) is 1.89. The maximum absolute atomic E-state index is 13.0. The zero-order valence-corrected chi connectivity index (χ0v) is 8.98. The van der Waals surface area contributed by atoms with E-state index in [0.29, 0.717) is 4.47 Å². The van der Waals surface area contributed by atoms with Gasteiger partial charge in [-0.2, -0.15) is 0 Å². The Kier molecular flexibility index (Phi) is 4.16. The molecule has 0 N–H and O–H groups in total. The van der Waals surface area contributed by atoms with Crippen LogP contribution in [0.3, 0.4) is 0 Å². The van der Waals surface area contributed by atoms with Crippen LogP contribution in [0.2, 0.25) is 0 Å². The zero-order chi connectivity index (χ0) is 9.68. The van der Waals surface area contributed by atoms with Gasteiger partial charge in [0.2, 0.25) is 0 Å². The molecular formula is C11H12BrF. The second kappa shape index (κ2) is 5.18. The molecule has 0 spiro atoms. The topological polar surface area (TPSA) is 0 Å². The molecule has 13 heavy (non-hydrogen) atoms. The fourth-order valence-corrected chi connectivity index (χ4v) is 1.64. The Morgan fingerprint density at radius 2 is 2.23 bits per heavy atom. The third-order valence-corrected chi connectivity index (χ3v) is 2.77. The zero-order valence-electron chi connectivity index (χ0n) is 7.39. The summed E-state index contributed by atoms with van der Waals surface area (Å²) >= 11 is 3.23. The molecule has 0 unspecified atom stereocenters. The van der Waals surface area contributed by atoms with E-state index in [1.54, 1.807) is 6.07 Å². The Morgan fingerprint density at radius 1 is 1.46 bits per heavy atom. The Labute approximate surface area is 86.6 Å². The number of allylic oxidation sites excluding steroid dienone is 1. The van der Waals surface area contributed by atoms with Crippen molar-refractivity contribution in [3.63, 3.8) is 0 Å². The van der Waals surface area contributed by atoms with Crippen LogP contribution in [0.15, 0.2) is 35.3 Å². The van der Waals surface area contributed by atoms with E-state index in [0.717, 1.165) is 24.8 Å². The minimum Gasteiger partial charge on any atom is -0.206 e. The van der Waals surface area contributed by atoms with Crippen molar-refractivity contribution in [1.82, 2.24) is 0 Å². The summed E-state index contributed by atoms with van der Waals surface area (Å²) in [7, 11) is 0. The molecule has 0 fully saturated rings. The maximum Gasteiger partial charge on any atom is 0.137 e. The molecule has 0 bridgehead atoms. The van der Waals surface area contributed by atoms with Gasteiger partial charge in [-0.25, -0.2) is 4.39 Å². The molecule has 0 aliphatic heterocycles. The van der Waals surface area contributed by atoms with Crippen LogP contribution in [0.4, 0.5) is 4.39 Å². The largest absolute Gasteiger partial charge is 0.206 e. The predicted molar refractivity (Wildman–Crippen MR) is 57.2 cm³/mol. The molecule has 0 heterocycles. The van der Waals surface area contributed by atoms with Gasteiger partial charge in [0.05, 0.1) is 4.47 Å². The third kappa shape index (κ3) is 2.96. The van der Waals surface area contributed by atoms with Crippen molar-refractivity contribution in [3.8, 4) is 0 Å². The van der Waals surface area contributed by atoms with Crippen LogP contribution in [0.5, 0.6) is 0 Å². The van der Waals surface area contributed by atoms with E-state index in [-0.39, 0.29) is 5.82 Å². The number of benzene rings is 1. The van der Waals surface area contributed by atoms with Gasteiger partial charge in [0.15, 0.2) is 0 Å². The highest BCUT2D eigenvalue weighted by Gasteiger charge is 2.03. The van der Waals surface area contributed by atoms with Gasteiger partial charge in [-0.3, -0.25) is 0 Å². The molecule has 1 aromatic carbocycles. The maximum atomic E-state index is 13.0. The lowest BCUT2D eigenvalue weighted by atomic mass is 10.1. The predicted octanol–water partition coefficient (Wildman–Crippen LogP) is 4.10. The summed E-state index contributed by atoms with van der Waals surface area (Å²) in [6, 6.07) is 5.14. The van der Waals surface area contributed by atoms with Gasteiger partial charge in [0.25, 0.3) is 0 Å². The Bertz CT molecular complexity index is 294. The average Bonchev–Trinajstić information content (AvgIpc) is 2.13. The molecule has 0 aliphatic rings. The standard InChI is InChI=1S/C11H12BrF/c1-2-3-4-6-9-7-5-8-10(13)11(9)12/h2,5,7-8H,1,3-4,6H2. The molecule has 70 valence electrons. The van der Waals surface area contributed by atoms with E-state index < -0.39 is 0 Å². The van der Waals surface area contributed by atoms with Gasteiger partial charge in [-0.15, -0.1) is 6.58 Å². The molecule has 0 saturated heterocycles. The molecule has 0 aliphatic carbocycles. The van der Waals surface area contributed by atoms with Crippen molar-refractivity contribution < 1.29 is 4.39 Å². The Balaban J connectivity index is 2.65. The van der Waals surface area contributed by atoms with Crippen molar-refractivity contribution >= 4 is 15.9 Å². The Hall–Kier alpha value is -0.630. The summed E-state index contributed by atoms with van der Waals surface area (Å²) < 4.78 is 13.6. The first kappa shape index (κ1) is 10.5. The fourth-order valence-electron chi connectivity index (χ4n) is 1.18. The summed E-state index contributed by atoms with van der Waals surface area (Å²) in [6.07, 6.45) is 4.77. The van der Waals surface area contributed by atoms with Gasteiger partial charge in [0.1, 0.15) is 5.82 Å². The van der Waals surface area contributed by atoms with E-state index in [1.165, 1.54) is 6.07 Å². The second-order valence-electron chi connectivity index (χ2n) is 2.89. The molecule has 0 atom stereocenters. The lowest BCUT2D eigenvalue weighted by Crippen LogP contribution is -1.89. The molecule has 0 radical (unpaired) electrons. The number of hydrogen-bond donors (Lipinski definition) is 0. The van der Waals surface area contributed by atoms with Crippen LogP contribution in [-0.2, 0) is 6.42 Å². The van der Waals surface area contributed by atoms with Crippen LogP contribution in [0.1, 0.15) is 18.4 Å². The molecule has 0 aromatic heterocycles. The smallest absolute Gasteiger partial charge is 0.137 e. The van der Waals surface area contributed by atoms with E-state index in [4.69, 9.17) is 0 Å². The fraction of sp³-hybridized carbons (Fsp3) is 0.273. The molecular weight excluding hydrogens is 231 g/mol. The van der Waals surface area contributed by atoms with Crippen molar-refractivity contribution in [3.05, 3.63) is 46.7 Å². The summed E-state index contributed by atoms with van der Waals surface area (Å²) in [5, 5.41) is 0. The van der Waals surface area contributed by atoms with Crippen molar-refractivity contribution in [2.45, 2.75) is 19.3 Å². The number of unbranched alkanes of at least 4 members (excludes halogenated alkanes) is 1. The highest BCUT2D eigenvalue weighted by Crippen LogP contribution is 2.21. The lowest BCUT2D eigenvalue weighted by Gasteiger charge is -2.03. The molecule has 2 heteroatoms. The van der Waals surface area contributed by atoms with Crippen LogP contribution < -0.4 is 0 Å². The first-order chi connectivity index (χ1) is 6.25. The van der Waals surface area contributed by atoms with Crippen molar-refractivity contribution in [2.24, 2.45) is 0 Å². The van der Waals surface area contributed by atoms with E-state index in [2.05, 4.69) is 22.5 Å². The SMILES string of the molecule is C=CCCCc1cccc(F)c1Br. The average molecular weight is 243 g/mol. The summed E-state index contributed by atoms with van der Waals surface area (Å²) in [4.78, 5) is 0. The lowest BCUT2D eigenvalue weighted by molar-refractivity contribution is 0.617. The van der Waals surface area contributed by atoms with Crippen LogP contribution in [0.25, 0.3) is 0 Å². The number of aryl methyl sites for hydroxylation is 1. The van der Waals surface area contributed by atoms with Gasteiger partial charge in [-0.05, 0) is 46.8 Å². The minimum absolute atomic E-state index is 0.184. The summed E-state index contributed by atoms with van der Waals surface area (Å²) in [6.45, 7) is 3.65. The van der Waals surface area contributed by atoms with Gasteiger partial charge in [-0.1, -0.05) is 18.2 Å². The number of rotatable bonds is 4. The van der Waals surface area contributed by atoms with E-state index in [9.17, 15) is 4.39 Å². The normalized spacial score (nSPS) is 10.0.